The van der Waals surface area contributed by atoms with Crippen LogP contribution in [0.3, 0.4) is 0 Å². The molecule has 0 radical (unpaired) electrons. The number of aromatic amines is 1. The van der Waals surface area contributed by atoms with E-state index in [4.69, 9.17) is 0 Å². The smallest absolute Gasteiger partial charge is 0.322 e. The topological polar surface area (TPSA) is 78.1 Å². The summed E-state index contributed by atoms with van der Waals surface area (Å²) in [5.74, 6) is 0.712. The molecule has 0 spiro atoms. The zero-order chi connectivity index (χ0) is 18.3. The van der Waals surface area contributed by atoms with E-state index in [1.54, 1.807) is 11.9 Å². The molecule has 136 valence electrons. The number of nitrogens with zero attached hydrogens (tertiary/aromatic N) is 2. The van der Waals surface area contributed by atoms with Gasteiger partial charge in [-0.1, -0.05) is 34.6 Å². The average molecular weight is 336 g/mol. The summed E-state index contributed by atoms with van der Waals surface area (Å²) < 4.78 is 0. The van der Waals surface area contributed by atoms with Crippen LogP contribution in [-0.4, -0.2) is 36.1 Å². The minimum Gasteiger partial charge on any atom is -0.341 e. The van der Waals surface area contributed by atoms with Crippen LogP contribution >= 0.6 is 0 Å². The van der Waals surface area contributed by atoms with Crippen molar-refractivity contribution in [2.75, 3.05) is 18.5 Å². The van der Waals surface area contributed by atoms with Gasteiger partial charge in [0.25, 0.3) is 0 Å². The van der Waals surface area contributed by atoms with Crippen molar-refractivity contribution in [3.63, 3.8) is 0 Å². The fraction of sp³-hybridized carbons (Fsp3) is 0.722. The Bertz CT molecular complexity index is 551. The lowest BCUT2D eigenvalue weighted by molar-refractivity contribution is -0.112. The Kier molecular flexibility index (Phi) is 7.45. The molecule has 0 bridgehead atoms. The molecular weight excluding hydrogens is 304 g/mol. The number of anilines is 1. The first kappa shape index (κ1) is 20.2. The number of H-pyrrole nitrogens is 1. The van der Waals surface area contributed by atoms with E-state index in [0.29, 0.717) is 12.4 Å². The van der Waals surface area contributed by atoms with Gasteiger partial charge in [-0.2, -0.15) is 5.10 Å². The third-order valence-electron chi connectivity index (χ3n) is 4.47. The number of hydrogen-bond acceptors (Lipinski definition) is 3. The number of hydrogen-bond donors (Lipinski definition) is 2. The zero-order valence-electron chi connectivity index (χ0n) is 15.9. The number of carbonyl (C=O) groups excluding carboxylic acids is 2. The van der Waals surface area contributed by atoms with Crippen molar-refractivity contribution in [1.82, 2.24) is 15.5 Å². The van der Waals surface area contributed by atoms with Crippen molar-refractivity contribution < 1.29 is 9.59 Å². The van der Waals surface area contributed by atoms with Crippen LogP contribution < -0.4 is 10.2 Å². The highest BCUT2D eigenvalue weighted by Gasteiger charge is 2.30. The summed E-state index contributed by atoms with van der Waals surface area (Å²) in [5.41, 5.74) is 1.96. The molecule has 6 heteroatoms. The second-order valence-corrected chi connectivity index (χ2v) is 7.03. The van der Waals surface area contributed by atoms with E-state index in [1.165, 1.54) is 0 Å². The summed E-state index contributed by atoms with van der Waals surface area (Å²) in [6.07, 6.45) is 4.24. The molecule has 0 saturated heterocycles. The molecular formula is C18H32N4O2. The van der Waals surface area contributed by atoms with Crippen LogP contribution in [0.5, 0.6) is 0 Å². The summed E-state index contributed by atoms with van der Waals surface area (Å²) in [5, 5.41) is 10.2. The molecule has 1 aromatic rings. The molecule has 0 aromatic carbocycles. The Morgan fingerprint density at radius 2 is 2.00 bits per heavy atom. The van der Waals surface area contributed by atoms with Crippen LogP contribution in [0.1, 0.15) is 58.7 Å². The maximum Gasteiger partial charge on any atom is 0.322 e. The van der Waals surface area contributed by atoms with Crippen LogP contribution in [0.4, 0.5) is 10.6 Å². The molecule has 2 amide bonds. The third kappa shape index (κ3) is 4.82. The van der Waals surface area contributed by atoms with Gasteiger partial charge < -0.3 is 10.1 Å². The van der Waals surface area contributed by atoms with Gasteiger partial charge >= 0.3 is 6.03 Å². The fourth-order valence-electron chi connectivity index (χ4n) is 3.15. The summed E-state index contributed by atoms with van der Waals surface area (Å²) in [4.78, 5) is 25.4. The second kappa shape index (κ2) is 8.85. The van der Waals surface area contributed by atoms with Crippen molar-refractivity contribution in [1.29, 1.82) is 0 Å². The number of aldehydes is 1. The first-order chi connectivity index (χ1) is 11.3. The van der Waals surface area contributed by atoms with Crippen LogP contribution in [0, 0.1) is 11.3 Å². The molecule has 24 heavy (non-hydrogen) atoms. The largest absolute Gasteiger partial charge is 0.341 e. The lowest BCUT2D eigenvalue weighted by atomic mass is 9.81. The number of nitrogens with one attached hydrogen (secondary N) is 2. The molecule has 0 saturated carbocycles. The predicted molar refractivity (Wildman–Crippen MR) is 97.4 cm³/mol. The first-order valence-corrected chi connectivity index (χ1v) is 8.84. The van der Waals surface area contributed by atoms with Crippen molar-refractivity contribution in [2.45, 2.75) is 60.3 Å². The number of carbonyl (C=O) groups is 2. The molecule has 0 aliphatic heterocycles. The van der Waals surface area contributed by atoms with Gasteiger partial charge in [-0.05, 0) is 31.1 Å². The van der Waals surface area contributed by atoms with E-state index in [1.807, 2.05) is 6.92 Å². The molecule has 0 aliphatic rings. The highest BCUT2D eigenvalue weighted by molar-refractivity contribution is 5.91. The Labute approximate surface area is 145 Å². The van der Waals surface area contributed by atoms with Crippen molar-refractivity contribution >= 4 is 18.1 Å². The maximum absolute atomic E-state index is 12.5. The molecule has 6 nitrogen and oxygen atoms in total. The quantitative estimate of drug-likeness (QED) is 0.679. The van der Waals surface area contributed by atoms with Crippen LogP contribution in [-0.2, 0) is 17.6 Å². The summed E-state index contributed by atoms with van der Waals surface area (Å²) in [6.45, 7) is 10.9. The Balaban J connectivity index is 3.12. The monoisotopic (exact) mass is 336 g/mol. The lowest BCUT2D eigenvalue weighted by Crippen LogP contribution is -2.45. The number of rotatable bonds is 9. The van der Waals surface area contributed by atoms with Gasteiger partial charge in [0.2, 0.25) is 0 Å². The third-order valence-corrected chi connectivity index (χ3v) is 4.47. The molecule has 1 aromatic heterocycles. The predicted octanol–water partition coefficient (Wildman–Crippen LogP) is 3.32. The molecule has 0 fully saturated rings. The van der Waals surface area contributed by atoms with E-state index >= 15 is 0 Å². The standard InChI is InChI=1S/C18H32N4O2/c1-7-13(11-23)10-18(4,5)12-22(17(24)19-6)16-14(8-2)15(9-3)20-21-16/h11,13H,7-10,12H2,1-6H3,(H,19,24)(H,20,21). The minimum absolute atomic E-state index is 0.0163. The van der Waals surface area contributed by atoms with Gasteiger partial charge in [0, 0.05) is 30.8 Å². The molecule has 1 heterocycles. The molecule has 1 atom stereocenters. The lowest BCUT2D eigenvalue weighted by Gasteiger charge is -2.33. The van der Waals surface area contributed by atoms with Gasteiger partial charge in [-0.25, -0.2) is 4.79 Å². The Morgan fingerprint density at radius 1 is 1.33 bits per heavy atom. The number of aryl methyl sites for hydroxylation is 1. The van der Waals surface area contributed by atoms with Crippen molar-refractivity contribution in [3.8, 4) is 0 Å². The highest BCUT2D eigenvalue weighted by Crippen LogP contribution is 2.31. The molecule has 0 aliphatic carbocycles. The van der Waals surface area contributed by atoms with Gasteiger partial charge in [-0.15, -0.1) is 0 Å². The molecule has 2 N–H and O–H groups in total. The molecule has 1 rings (SSSR count). The van der Waals surface area contributed by atoms with Crippen molar-refractivity contribution in [3.05, 3.63) is 11.3 Å². The normalized spacial score (nSPS) is 12.8. The fourth-order valence-corrected chi connectivity index (χ4v) is 3.15. The van der Waals surface area contributed by atoms with E-state index in [2.05, 4.69) is 43.2 Å². The van der Waals surface area contributed by atoms with E-state index in [0.717, 1.165) is 43.2 Å². The maximum atomic E-state index is 12.5. The SMILES string of the molecule is CCc1[nH]nc(N(CC(C)(C)CC(C=O)CC)C(=O)NC)c1CC. The van der Waals surface area contributed by atoms with E-state index in [-0.39, 0.29) is 17.4 Å². The van der Waals surface area contributed by atoms with Gasteiger partial charge in [-0.3, -0.25) is 10.00 Å². The first-order valence-electron chi connectivity index (χ1n) is 8.84. The van der Waals surface area contributed by atoms with E-state index in [9.17, 15) is 9.59 Å². The van der Waals surface area contributed by atoms with Crippen molar-refractivity contribution in [2.24, 2.45) is 11.3 Å². The number of aromatic nitrogens is 2. The zero-order valence-corrected chi connectivity index (χ0v) is 15.9. The van der Waals surface area contributed by atoms with Gasteiger partial charge in [0.15, 0.2) is 5.82 Å². The molecule has 1 unspecified atom stereocenters. The Hall–Kier alpha value is -1.85. The average Bonchev–Trinajstić information content (AvgIpc) is 2.99. The number of amides is 2. The summed E-state index contributed by atoms with van der Waals surface area (Å²) in [6, 6.07) is -0.175. The highest BCUT2D eigenvalue weighted by atomic mass is 16.2. The Morgan fingerprint density at radius 3 is 2.46 bits per heavy atom. The van der Waals surface area contributed by atoms with Gasteiger partial charge in [0.05, 0.1) is 0 Å². The van der Waals surface area contributed by atoms with Gasteiger partial charge in [0.1, 0.15) is 6.29 Å². The van der Waals surface area contributed by atoms with Crippen LogP contribution in [0.25, 0.3) is 0 Å². The minimum atomic E-state index is -0.190. The number of urea groups is 1. The van der Waals surface area contributed by atoms with Crippen LogP contribution in [0.2, 0.25) is 0 Å². The summed E-state index contributed by atoms with van der Waals surface area (Å²) in [7, 11) is 1.63. The second-order valence-electron chi connectivity index (χ2n) is 7.03. The van der Waals surface area contributed by atoms with Crippen LogP contribution in [0.15, 0.2) is 0 Å². The summed E-state index contributed by atoms with van der Waals surface area (Å²) >= 11 is 0. The van der Waals surface area contributed by atoms with E-state index < -0.39 is 0 Å².